The van der Waals surface area contributed by atoms with Gasteiger partial charge in [0.1, 0.15) is 0 Å². The van der Waals surface area contributed by atoms with Crippen molar-refractivity contribution in [2.75, 3.05) is 46.3 Å². The van der Waals surface area contributed by atoms with Gasteiger partial charge in [-0.25, -0.2) is 0 Å². The SMILES string of the molecule is CN=C(NCCCCCN1CCCCC1)NC1CCN(Cc2ccccc2C)CC1. The molecule has 2 N–H and O–H groups in total. The van der Waals surface area contributed by atoms with E-state index < -0.39 is 0 Å². The van der Waals surface area contributed by atoms with Gasteiger partial charge in [0.15, 0.2) is 5.96 Å². The topological polar surface area (TPSA) is 42.9 Å². The van der Waals surface area contributed by atoms with E-state index in [1.165, 1.54) is 82.1 Å². The van der Waals surface area contributed by atoms with Crippen molar-refractivity contribution in [1.82, 2.24) is 20.4 Å². The van der Waals surface area contributed by atoms with Crippen LogP contribution in [0.3, 0.4) is 0 Å². The van der Waals surface area contributed by atoms with E-state index in [2.05, 4.69) is 56.6 Å². The smallest absolute Gasteiger partial charge is 0.191 e. The predicted molar refractivity (Wildman–Crippen MR) is 128 cm³/mol. The molecule has 0 radical (unpaired) electrons. The molecule has 1 aromatic rings. The van der Waals surface area contributed by atoms with Gasteiger partial charge in [-0.15, -0.1) is 0 Å². The van der Waals surface area contributed by atoms with Gasteiger partial charge in [0.25, 0.3) is 0 Å². The van der Waals surface area contributed by atoms with Crippen molar-refractivity contribution >= 4 is 5.96 Å². The number of hydrogen-bond acceptors (Lipinski definition) is 3. The summed E-state index contributed by atoms with van der Waals surface area (Å²) in [5.74, 6) is 0.975. The van der Waals surface area contributed by atoms with Crippen molar-refractivity contribution in [2.45, 2.75) is 70.9 Å². The maximum Gasteiger partial charge on any atom is 0.191 e. The average Bonchev–Trinajstić information content (AvgIpc) is 2.78. The Hall–Kier alpha value is -1.59. The number of likely N-dealkylation sites (tertiary alicyclic amines) is 2. The van der Waals surface area contributed by atoms with Gasteiger partial charge in [-0.3, -0.25) is 9.89 Å². The summed E-state index contributed by atoms with van der Waals surface area (Å²) in [4.78, 5) is 9.67. The number of aliphatic imine (C=N–C) groups is 1. The van der Waals surface area contributed by atoms with Crippen LogP contribution in [0.5, 0.6) is 0 Å². The Morgan fingerprint density at radius 2 is 1.73 bits per heavy atom. The molecule has 2 saturated heterocycles. The van der Waals surface area contributed by atoms with Crippen LogP contribution in [0.1, 0.15) is 62.5 Å². The summed E-state index contributed by atoms with van der Waals surface area (Å²) in [7, 11) is 1.89. The molecule has 168 valence electrons. The Morgan fingerprint density at radius 1 is 0.967 bits per heavy atom. The molecule has 3 rings (SSSR count). The van der Waals surface area contributed by atoms with Crippen LogP contribution in [0.4, 0.5) is 0 Å². The highest BCUT2D eigenvalue weighted by Gasteiger charge is 2.20. The fourth-order valence-corrected chi connectivity index (χ4v) is 4.68. The van der Waals surface area contributed by atoms with E-state index in [0.29, 0.717) is 6.04 Å². The minimum Gasteiger partial charge on any atom is -0.356 e. The molecular formula is C25H43N5. The van der Waals surface area contributed by atoms with Crippen molar-refractivity contribution in [3.05, 3.63) is 35.4 Å². The molecule has 2 fully saturated rings. The maximum atomic E-state index is 4.44. The molecule has 0 atom stereocenters. The number of hydrogen-bond donors (Lipinski definition) is 2. The lowest BCUT2D eigenvalue weighted by Crippen LogP contribution is -2.48. The third kappa shape index (κ3) is 7.92. The van der Waals surface area contributed by atoms with Crippen molar-refractivity contribution in [3.8, 4) is 0 Å². The van der Waals surface area contributed by atoms with Crippen LogP contribution in [-0.4, -0.2) is 68.1 Å². The molecule has 2 aliphatic rings. The van der Waals surface area contributed by atoms with E-state index in [1.807, 2.05) is 7.05 Å². The lowest BCUT2D eigenvalue weighted by atomic mass is 10.0. The molecule has 0 aromatic heterocycles. The van der Waals surface area contributed by atoms with Gasteiger partial charge >= 0.3 is 0 Å². The molecule has 30 heavy (non-hydrogen) atoms. The van der Waals surface area contributed by atoms with Crippen LogP contribution in [0, 0.1) is 6.92 Å². The number of rotatable bonds is 9. The van der Waals surface area contributed by atoms with Gasteiger partial charge in [-0.2, -0.15) is 0 Å². The van der Waals surface area contributed by atoms with Crippen LogP contribution in [0.15, 0.2) is 29.3 Å². The second-order valence-corrected chi connectivity index (χ2v) is 9.08. The van der Waals surface area contributed by atoms with Crippen LogP contribution in [-0.2, 0) is 6.54 Å². The highest BCUT2D eigenvalue weighted by molar-refractivity contribution is 5.79. The molecule has 0 unspecified atom stereocenters. The average molecular weight is 414 g/mol. The van der Waals surface area contributed by atoms with Gasteiger partial charge in [0.05, 0.1) is 0 Å². The zero-order chi connectivity index (χ0) is 21.0. The second-order valence-electron chi connectivity index (χ2n) is 9.08. The van der Waals surface area contributed by atoms with Crippen LogP contribution in [0.2, 0.25) is 0 Å². The molecule has 0 spiro atoms. The fourth-order valence-electron chi connectivity index (χ4n) is 4.68. The Balaban J connectivity index is 1.26. The van der Waals surface area contributed by atoms with Gasteiger partial charge in [0, 0.05) is 39.3 Å². The molecular weight excluding hydrogens is 370 g/mol. The summed E-state index contributed by atoms with van der Waals surface area (Å²) in [6, 6.07) is 9.29. The lowest BCUT2D eigenvalue weighted by molar-refractivity contribution is 0.198. The van der Waals surface area contributed by atoms with Gasteiger partial charge < -0.3 is 15.5 Å². The van der Waals surface area contributed by atoms with E-state index in [-0.39, 0.29) is 0 Å². The summed E-state index contributed by atoms with van der Waals surface area (Å²) in [5, 5.41) is 7.17. The fraction of sp³-hybridized carbons (Fsp3) is 0.720. The zero-order valence-corrected chi connectivity index (χ0v) is 19.3. The Labute approximate surface area is 184 Å². The molecule has 0 saturated carbocycles. The third-order valence-electron chi connectivity index (χ3n) is 6.70. The lowest BCUT2D eigenvalue weighted by Gasteiger charge is -2.33. The monoisotopic (exact) mass is 413 g/mol. The molecule has 2 aliphatic heterocycles. The zero-order valence-electron chi connectivity index (χ0n) is 19.3. The minimum atomic E-state index is 0.531. The van der Waals surface area contributed by atoms with Crippen molar-refractivity contribution in [2.24, 2.45) is 4.99 Å². The molecule has 1 aromatic carbocycles. The van der Waals surface area contributed by atoms with Crippen molar-refractivity contribution in [3.63, 3.8) is 0 Å². The largest absolute Gasteiger partial charge is 0.356 e. The summed E-state index contributed by atoms with van der Waals surface area (Å²) >= 11 is 0. The molecule has 5 heteroatoms. The normalized spacial score (nSPS) is 19.7. The maximum absolute atomic E-state index is 4.44. The van der Waals surface area contributed by atoms with Gasteiger partial charge in [0.2, 0.25) is 0 Å². The van der Waals surface area contributed by atoms with Crippen LogP contribution < -0.4 is 10.6 Å². The summed E-state index contributed by atoms with van der Waals surface area (Å²) < 4.78 is 0. The van der Waals surface area contributed by atoms with Crippen LogP contribution in [0.25, 0.3) is 0 Å². The first-order chi connectivity index (χ1) is 14.7. The highest BCUT2D eigenvalue weighted by atomic mass is 15.2. The van der Waals surface area contributed by atoms with E-state index in [0.717, 1.165) is 32.1 Å². The first kappa shape index (κ1) is 23.1. The van der Waals surface area contributed by atoms with E-state index in [4.69, 9.17) is 0 Å². The quantitative estimate of drug-likeness (QED) is 0.367. The third-order valence-corrected chi connectivity index (χ3v) is 6.70. The highest BCUT2D eigenvalue weighted by Crippen LogP contribution is 2.16. The first-order valence-corrected chi connectivity index (χ1v) is 12.2. The number of nitrogens with one attached hydrogen (secondary N) is 2. The number of benzene rings is 1. The summed E-state index contributed by atoms with van der Waals surface area (Å²) in [6.45, 7) is 10.5. The Kier molecular flexibility index (Phi) is 9.97. The Bertz CT molecular complexity index is 630. The number of nitrogens with zero attached hydrogens (tertiary/aromatic N) is 3. The van der Waals surface area contributed by atoms with E-state index >= 15 is 0 Å². The summed E-state index contributed by atoms with van der Waals surface area (Å²) in [5.41, 5.74) is 2.86. The number of guanidine groups is 1. The van der Waals surface area contributed by atoms with Crippen molar-refractivity contribution < 1.29 is 0 Å². The second kappa shape index (κ2) is 13.0. The number of aryl methyl sites for hydroxylation is 1. The molecule has 0 amide bonds. The number of unbranched alkanes of at least 4 members (excludes halogenated alkanes) is 2. The molecule has 2 heterocycles. The minimum absolute atomic E-state index is 0.531. The molecule has 0 aliphatic carbocycles. The molecule has 0 bridgehead atoms. The first-order valence-electron chi connectivity index (χ1n) is 12.2. The van der Waals surface area contributed by atoms with Gasteiger partial charge in [-0.05, 0) is 76.2 Å². The van der Waals surface area contributed by atoms with E-state index in [9.17, 15) is 0 Å². The summed E-state index contributed by atoms with van der Waals surface area (Å²) in [6.07, 6.45) is 10.4. The van der Waals surface area contributed by atoms with Crippen molar-refractivity contribution in [1.29, 1.82) is 0 Å². The number of piperidine rings is 2. The predicted octanol–water partition coefficient (Wildman–Crippen LogP) is 3.78. The Morgan fingerprint density at radius 3 is 2.47 bits per heavy atom. The van der Waals surface area contributed by atoms with Gasteiger partial charge in [-0.1, -0.05) is 37.1 Å². The van der Waals surface area contributed by atoms with Crippen LogP contribution >= 0.6 is 0 Å². The van der Waals surface area contributed by atoms with E-state index in [1.54, 1.807) is 0 Å². The molecule has 5 nitrogen and oxygen atoms in total. The standard InChI is InChI=1S/C25H43N5/c1-22-11-5-6-12-23(22)21-30-19-13-24(14-20-30)28-25(26-2)27-15-7-3-8-16-29-17-9-4-10-18-29/h5-6,11-12,24H,3-4,7-10,13-21H2,1-2H3,(H2,26,27,28).